The quantitative estimate of drug-likeness (QED) is 0.860. The van der Waals surface area contributed by atoms with Crippen LogP contribution < -0.4 is 9.47 Å². The molecule has 3 rings (SSSR count). The van der Waals surface area contributed by atoms with Crippen molar-refractivity contribution < 1.29 is 14.3 Å². The van der Waals surface area contributed by atoms with E-state index in [0.717, 1.165) is 18.4 Å². The number of carbonyl (C=O) groups excluding carboxylic acids is 1. The number of rotatable bonds is 5. The molecular weight excluding hydrogens is 292 g/mol. The van der Waals surface area contributed by atoms with Gasteiger partial charge in [-0.1, -0.05) is 18.2 Å². The predicted octanol–water partition coefficient (Wildman–Crippen LogP) is 3.39. The Bertz CT molecular complexity index is 765. The fourth-order valence-corrected chi connectivity index (χ4v) is 2.47. The van der Waals surface area contributed by atoms with Crippen molar-refractivity contribution in [3.8, 4) is 11.5 Å². The molecule has 0 bridgehead atoms. The highest BCUT2D eigenvalue weighted by Gasteiger charge is 2.16. The van der Waals surface area contributed by atoms with Crippen molar-refractivity contribution in [3.05, 3.63) is 59.7 Å². The number of H-pyrrole nitrogens is 1. The third-order valence-electron chi connectivity index (χ3n) is 3.70. The molecule has 1 aromatic carbocycles. The molecular formula is C18H18N2O3. The lowest BCUT2D eigenvalue weighted by molar-refractivity contribution is 0.103. The van der Waals surface area contributed by atoms with Crippen LogP contribution in [0.3, 0.4) is 0 Å². The Kier molecular flexibility index (Phi) is 4.28. The van der Waals surface area contributed by atoms with Crippen molar-refractivity contribution >= 4 is 11.4 Å². The zero-order valence-corrected chi connectivity index (χ0v) is 13.1. The van der Waals surface area contributed by atoms with E-state index in [9.17, 15) is 4.79 Å². The van der Waals surface area contributed by atoms with Crippen LogP contribution in [0.4, 0.5) is 0 Å². The molecule has 1 heterocycles. The molecule has 5 heteroatoms. The van der Waals surface area contributed by atoms with Crippen molar-refractivity contribution in [1.82, 2.24) is 9.97 Å². The number of methoxy groups -OCH3 is 2. The molecule has 0 saturated heterocycles. The standard InChI is InChI=1S/C18H18N2O3/c1-22-14-8-13(9-15(10-14)23-2)17(21)16-11-19-18(20-16)12-6-4-3-5-7-12/h4,6-11H,3,5H2,1-2H3,(H,19,20). The van der Waals surface area contributed by atoms with E-state index in [0.29, 0.717) is 28.6 Å². The predicted molar refractivity (Wildman–Crippen MR) is 87.9 cm³/mol. The zero-order valence-electron chi connectivity index (χ0n) is 13.1. The molecule has 0 saturated carbocycles. The van der Waals surface area contributed by atoms with Gasteiger partial charge in [-0.15, -0.1) is 0 Å². The third-order valence-corrected chi connectivity index (χ3v) is 3.70. The molecule has 0 atom stereocenters. The lowest BCUT2D eigenvalue weighted by Gasteiger charge is -2.07. The first-order chi connectivity index (χ1) is 11.2. The monoisotopic (exact) mass is 310 g/mol. The highest BCUT2D eigenvalue weighted by atomic mass is 16.5. The summed E-state index contributed by atoms with van der Waals surface area (Å²) in [5.41, 5.74) is 1.94. The molecule has 0 spiro atoms. The highest BCUT2D eigenvalue weighted by molar-refractivity contribution is 6.08. The molecule has 2 aromatic rings. The van der Waals surface area contributed by atoms with Crippen LogP contribution >= 0.6 is 0 Å². The molecule has 0 unspecified atom stereocenters. The Labute approximate surface area is 134 Å². The minimum atomic E-state index is -0.152. The number of hydrogen-bond donors (Lipinski definition) is 1. The van der Waals surface area contributed by atoms with Crippen LogP contribution in [0.5, 0.6) is 11.5 Å². The number of carbonyl (C=O) groups is 1. The second kappa shape index (κ2) is 6.52. The van der Waals surface area contributed by atoms with Crippen LogP contribution in [0.1, 0.15) is 34.7 Å². The fraction of sp³-hybridized carbons (Fsp3) is 0.222. The Hall–Kier alpha value is -2.82. The van der Waals surface area contributed by atoms with Crippen molar-refractivity contribution in [2.45, 2.75) is 12.8 Å². The SMILES string of the molecule is COc1cc(OC)cc(C(=O)c2cnc(C3=CCCC=C3)[nH]2)c1. The number of allylic oxidation sites excluding steroid dienone is 4. The van der Waals surface area contributed by atoms with Crippen molar-refractivity contribution in [1.29, 1.82) is 0 Å². The van der Waals surface area contributed by atoms with Gasteiger partial charge in [0.1, 0.15) is 23.0 Å². The van der Waals surface area contributed by atoms with Crippen molar-refractivity contribution in [2.75, 3.05) is 14.2 Å². The van der Waals surface area contributed by atoms with E-state index < -0.39 is 0 Å². The van der Waals surface area contributed by atoms with Crippen LogP contribution in [-0.4, -0.2) is 30.0 Å². The third kappa shape index (κ3) is 3.18. The first kappa shape index (κ1) is 15.1. The lowest BCUT2D eigenvalue weighted by atomic mass is 10.1. The minimum absolute atomic E-state index is 0.152. The van der Waals surface area contributed by atoms with Gasteiger partial charge in [0.05, 0.1) is 20.4 Å². The summed E-state index contributed by atoms with van der Waals surface area (Å²) in [7, 11) is 3.11. The van der Waals surface area contributed by atoms with Gasteiger partial charge in [0.25, 0.3) is 0 Å². The van der Waals surface area contributed by atoms with Crippen LogP contribution in [0.2, 0.25) is 0 Å². The largest absolute Gasteiger partial charge is 0.497 e. The van der Waals surface area contributed by atoms with E-state index in [1.54, 1.807) is 38.6 Å². The van der Waals surface area contributed by atoms with E-state index in [1.807, 2.05) is 6.08 Å². The second-order valence-electron chi connectivity index (χ2n) is 5.22. The first-order valence-electron chi connectivity index (χ1n) is 7.41. The maximum atomic E-state index is 12.7. The van der Waals surface area contributed by atoms with E-state index in [1.165, 1.54) is 0 Å². The zero-order chi connectivity index (χ0) is 16.2. The molecule has 1 aromatic heterocycles. The summed E-state index contributed by atoms with van der Waals surface area (Å²) in [5.74, 6) is 1.70. The lowest BCUT2D eigenvalue weighted by Crippen LogP contribution is -2.03. The Morgan fingerprint density at radius 3 is 2.48 bits per heavy atom. The van der Waals surface area contributed by atoms with E-state index in [-0.39, 0.29) is 5.78 Å². The van der Waals surface area contributed by atoms with E-state index in [2.05, 4.69) is 22.1 Å². The first-order valence-corrected chi connectivity index (χ1v) is 7.41. The van der Waals surface area contributed by atoms with Gasteiger partial charge in [0.15, 0.2) is 0 Å². The normalized spacial score (nSPS) is 13.6. The summed E-state index contributed by atoms with van der Waals surface area (Å²) >= 11 is 0. The van der Waals surface area contributed by atoms with E-state index in [4.69, 9.17) is 9.47 Å². The Morgan fingerprint density at radius 1 is 1.13 bits per heavy atom. The average Bonchev–Trinajstić information content (AvgIpc) is 3.11. The van der Waals surface area contributed by atoms with Gasteiger partial charge in [0, 0.05) is 17.2 Å². The number of aromatic amines is 1. The van der Waals surface area contributed by atoms with Crippen molar-refractivity contribution in [3.63, 3.8) is 0 Å². The number of benzene rings is 1. The molecule has 0 fully saturated rings. The van der Waals surface area contributed by atoms with Gasteiger partial charge in [-0.05, 0) is 25.0 Å². The van der Waals surface area contributed by atoms with Crippen LogP contribution in [0.15, 0.2) is 42.6 Å². The van der Waals surface area contributed by atoms with Gasteiger partial charge < -0.3 is 14.5 Å². The Balaban J connectivity index is 1.90. The summed E-state index contributed by atoms with van der Waals surface area (Å²) in [5, 5.41) is 0. The number of imidazole rings is 1. The Morgan fingerprint density at radius 2 is 1.87 bits per heavy atom. The van der Waals surface area contributed by atoms with Crippen LogP contribution in [0.25, 0.3) is 5.57 Å². The number of ketones is 1. The molecule has 0 amide bonds. The van der Waals surface area contributed by atoms with Gasteiger partial charge >= 0.3 is 0 Å². The molecule has 0 radical (unpaired) electrons. The fourth-order valence-electron chi connectivity index (χ4n) is 2.47. The van der Waals surface area contributed by atoms with Gasteiger partial charge in [0.2, 0.25) is 5.78 Å². The summed E-state index contributed by atoms with van der Waals surface area (Å²) in [6, 6.07) is 5.10. The summed E-state index contributed by atoms with van der Waals surface area (Å²) in [6.07, 6.45) is 9.83. The summed E-state index contributed by atoms with van der Waals surface area (Å²) in [4.78, 5) is 20.1. The van der Waals surface area contributed by atoms with Crippen molar-refractivity contribution in [2.24, 2.45) is 0 Å². The average molecular weight is 310 g/mol. The number of aromatic nitrogens is 2. The maximum absolute atomic E-state index is 12.7. The van der Waals surface area contributed by atoms with Gasteiger partial charge in [-0.3, -0.25) is 4.79 Å². The number of hydrogen-bond acceptors (Lipinski definition) is 4. The molecule has 1 aliphatic carbocycles. The molecule has 1 N–H and O–H groups in total. The summed E-state index contributed by atoms with van der Waals surface area (Å²) < 4.78 is 10.4. The highest BCUT2D eigenvalue weighted by Crippen LogP contribution is 2.25. The number of nitrogens with zero attached hydrogens (tertiary/aromatic N) is 1. The topological polar surface area (TPSA) is 64.2 Å². The molecule has 23 heavy (non-hydrogen) atoms. The second-order valence-corrected chi connectivity index (χ2v) is 5.22. The van der Waals surface area contributed by atoms with E-state index >= 15 is 0 Å². The van der Waals surface area contributed by atoms with Gasteiger partial charge in [-0.25, -0.2) is 4.98 Å². The maximum Gasteiger partial charge on any atom is 0.211 e. The summed E-state index contributed by atoms with van der Waals surface area (Å²) in [6.45, 7) is 0. The molecule has 5 nitrogen and oxygen atoms in total. The smallest absolute Gasteiger partial charge is 0.211 e. The number of ether oxygens (including phenoxy) is 2. The number of nitrogens with one attached hydrogen (secondary N) is 1. The van der Waals surface area contributed by atoms with Gasteiger partial charge in [-0.2, -0.15) is 0 Å². The minimum Gasteiger partial charge on any atom is -0.497 e. The molecule has 0 aliphatic heterocycles. The van der Waals surface area contributed by atoms with Crippen LogP contribution in [0, 0.1) is 0 Å². The van der Waals surface area contributed by atoms with Crippen LogP contribution in [-0.2, 0) is 0 Å². The molecule has 1 aliphatic rings. The molecule has 118 valence electrons.